The Morgan fingerprint density at radius 1 is 1.04 bits per heavy atom. The summed E-state index contributed by atoms with van der Waals surface area (Å²) in [5.41, 5.74) is 1.70. The molecule has 7 rings (SSSR count). The minimum Gasteiger partial charge on any atom is -0.475 e. The van der Waals surface area contributed by atoms with Crippen molar-refractivity contribution in [2.75, 3.05) is 23.7 Å². The van der Waals surface area contributed by atoms with Gasteiger partial charge in [-0.1, -0.05) is 26.8 Å². The lowest BCUT2D eigenvalue weighted by molar-refractivity contribution is -0.0704. The van der Waals surface area contributed by atoms with Crippen LogP contribution < -0.4 is 20.7 Å². The molecule has 0 saturated heterocycles. The smallest absolute Gasteiger partial charge is 0.224 e. The van der Waals surface area contributed by atoms with Crippen LogP contribution in [0.4, 0.5) is 11.8 Å². The molecule has 4 bridgehead atoms. The lowest BCUT2D eigenvalue weighted by Crippen LogP contribution is -2.60. The Balaban J connectivity index is 1.02. The van der Waals surface area contributed by atoms with Crippen molar-refractivity contribution in [3.05, 3.63) is 35.7 Å². The van der Waals surface area contributed by atoms with Crippen molar-refractivity contribution in [3.63, 3.8) is 0 Å². The summed E-state index contributed by atoms with van der Waals surface area (Å²) >= 11 is 0. The van der Waals surface area contributed by atoms with Crippen molar-refractivity contribution in [2.45, 2.75) is 135 Å². The number of rotatable bonds is 13. The number of anilines is 2. The van der Waals surface area contributed by atoms with E-state index in [9.17, 15) is 5.26 Å². The highest BCUT2D eigenvalue weighted by atomic mass is 28.4. The topological polar surface area (TPSA) is 117 Å². The van der Waals surface area contributed by atoms with Gasteiger partial charge in [0.1, 0.15) is 17.5 Å². The number of nitrogens with one attached hydrogen (secondary N) is 3. The Hall–Kier alpha value is -2.74. The first-order valence-corrected chi connectivity index (χ1v) is 21.5. The zero-order chi connectivity index (χ0) is 34.1. The van der Waals surface area contributed by atoms with Crippen molar-refractivity contribution in [2.24, 2.45) is 29.1 Å². The SMILES string of the molecule is CC(C)Oc1ncccc1CNc1ncc(C#N)c(NC[C@]23CC4C[C@H](C2)[C@@H](NC[C@H]2CC[C@H](O[Si](C)(C)C(C)(C)C)CC2)[C@@H](C4)C3)n1. The molecule has 48 heavy (non-hydrogen) atoms. The lowest BCUT2D eigenvalue weighted by atomic mass is 9.48. The van der Waals surface area contributed by atoms with Crippen molar-refractivity contribution in [3.8, 4) is 11.9 Å². The first kappa shape index (κ1) is 35.1. The van der Waals surface area contributed by atoms with E-state index in [1.807, 2.05) is 26.0 Å². The molecule has 3 N–H and O–H groups in total. The zero-order valence-electron chi connectivity index (χ0n) is 30.4. The van der Waals surface area contributed by atoms with Crippen LogP contribution in [0, 0.1) is 40.4 Å². The Kier molecular flexibility index (Phi) is 10.4. The fourth-order valence-corrected chi connectivity index (χ4v) is 10.5. The van der Waals surface area contributed by atoms with Crippen molar-refractivity contribution >= 4 is 20.1 Å². The van der Waals surface area contributed by atoms with Gasteiger partial charge < -0.3 is 25.1 Å². The van der Waals surface area contributed by atoms with Crippen molar-refractivity contribution in [1.29, 1.82) is 5.26 Å². The molecular formula is C38H59N7O2Si. The van der Waals surface area contributed by atoms with Gasteiger partial charge in [-0.3, -0.25) is 0 Å². The van der Waals surface area contributed by atoms with E-state index in [0.29, 0.717) is 41.9 Å². The van der Waals surface area contributed by atoms with Crippen LogP contribution in [-0.4, -0.2) is 54.6 Å². The van der Waals surface area contributed by atoms with Crippen LogP contribution >= 0.6 is 0 Å². The molecule has 5 atom stereocenters. The van der Waals surface area contributed by atoms with Gasteiger partial charge in [0, 0.05) is 37.0 Å². The van der Waals surface area contributed by atoms with Crippen LogP contribution in [0.5, 0.6) is 5.88 Å². The molecular weight excluding hydrogens is 615 g/mol. The van der Waals surface area contributed by atoms with Gasteiger partial charge in [-0.25, -0.2) is 9.97 Å². The molecule has 5 fully saturated rings. The number of nitrogens with zero attached hydrogens (tertiary/aromatic N) is 4. The minimum atomic E-state index is -1.70. The maximum Gasteiger partial charge on any atom is 0.224 e. The molecule has 0 radical (unpaired) electrons. The van der Waals surface area contributed by atoms with Gasteiger partial charge in [-0.05, 0) is 131 Å². The predicted octanol–water partition coefficient (Wildman–Crippen LogP) is 7.92. The van der Waals surface area contributed by atoms with E-state index in [1.165, 1.54) is 57.8 Å². The summed E-state index contributed by atoms with van der Waals surface area (Å²) in [6.07, 6.45) is 15.4. The molecule has 1 unspecified atom stereocenters. The highest BCUT2D eigenvalue weighted by Crippen LogP contribution is 2.60. The van der Waals surface area contributed by atoms with Gasteiger partial charge in [0.05, 0.1) is 12.3 Å². The van der Waals surface area contributed by atoms with E-state index in [0.717, 1.165) is 42.3 Å². The molecule has 2 aromatic heterocycles. The summed E-state index contributed by atoms with van der Waals surface area (Å²) in [6.45, 7) is 18.3. The maximum atomic E-state index is 9.87. The molecule has 5 aliphatic rings. The number of nitriles is 1. The van der Waals surface area contributed by atoms with E-state index in [1.54, 1.807) is 12.4 Å². The van der Waals surface area contributed by atoms with E-state index < -0.39 is 8.32 Å². The molecule has 0 spiro atoms. The summed E-state index contributed by atoms with van der Waals surface area (Å²) in [5, 5.41) is 21.3. The Bertz CT molecular complexity index is 1430. The monoisotopic (exact) mass is 673 g/mol. The van der Waals surface area contributed by atoms with Crippen LogP contribution in [0.15, 0.2) is 24.5 Å². The molecule has 2 aromatic rings. The molecule has 5 saturated carbocycles. The second-order valence-corrected chi connectivity index (χ2v) is 22.1. The third kappa shape index (κ3) is 8.00. The van der Waals surface area contributed by atoms with Crippen LogP contribution in [0.2, 0.25) is 18.1 Å². The first-order valence-electron chi connectivity index (χ1n) is 18.6. The highest BCUT2D eigenvalue weighted by molar-refractivity contribution is 6.74. The quantitative estimate of drug-likeness (QED) is 0.182. The fourth-order valence-electron chi connectivity index (χ4n) is 9.11. The normalized spacial score (nSPS) is 29.9. The number of hydrogen-bond donors (Lipinski definition) is 3. The van der Waals surface area contributed by atoms with Gasteiger partial charge in [-0.15, -0.1) is 0 Å². The second kappa shape index (κ2) is 14.2. The van der Waals surface area contributed by atoms with E-state index in [4.69, 9.17) is 14.1 Å². The summed E-state index contributed by atoms with van der Waals surface area (Å²) in [4.78, 5) is 13.6. The summed E-state index contributed by atoms with van der Waals surface area (Å²) in [6, 6.07) is 6.84. The fraction of sp³-hybridized carbons (Fsp3) is 0.737. The Morgan fingerprint density at radius 2 is 1.77 bits per heavy atom. The third-order valence-corrected chi connectivity index (χ3v) is 16.8. The summed E-state index contributed by atoms with van der Waals surface area (Å²) in [5.74, 6) is 4.82. The van der Waals surface area contributed by atoms with Crippen LogP contribution in [0.25, 0.3) is 0 Å². The third-order valence-electron chi connectivity index (χ3n) is 12.3. The van der Waals surface area contributed by atoms with E-state index >= 15 is 0 Å². The number of aromatic nitrogens is 3. The predicted molar refractivity (Wildman–Crippen MR) is 194 cm³/mol. The van der Waals surface area contributed by atoms with Crippen molar-refractivity contribution in [1.82, 2.24) is 20.3 Å². The standard InChI is InChI=1S/C38H59N7O2Si/c1-25(2)46-35-28(9-8-14-40-35)22-42-36-43-23-31(20-39)34(45-36)44-24-38-17-27-15-29(18-38)33(30(16-27)19-38)41-21-26-10-12-32(13-11-26)47-48(6,7)37(3,4)5/h8-9,14,23,25-27,29-30,32-33,41H,10-13,15-19,21-22,24H2,1-7H3,(H2,42,43,44,45)/t26-,27?,29-,30+,32-,33-,38-. The molecule has 2 heterocycles. The van der Waals surface area contributed by atoms with Gasteiger partial charge in [0.25, 0.3) is 0 Å². The van der Waals surface area contributed by atoms with Gasteiger partial charge in [-0.2, -0.15) is 10.2 Å². The van der Waals surface area contributed by atoms with Gasteiger partial charge in [0.15, 0.2) is 8.32 Å². The molecule has 0 amide bonds. The first-order chi connectivity index (χ1) is 22.8. The average molecular weight is 674 g/mol. The lowest BCUT2D eigenvalue weighted by Gasteiger charge is -2.60. The van der Waals surface area contributed by atoms with Crippen LogP contribution in [0.3, 0.4) is 0 Å². The van der Waals surface area contributed by atoms with E-state index in [-0.39, 0.29) is 16.6 Å². The largest absolute Gasteiger partial charge is 0.475 e. The van der Waals surface area contributed by atoms with Gasteiger partial charge in [0.2, 0.25) is 11.8 Å². The zero-order valence-corrected chi connectivity index (χ0v) is 31.4. The molecule has 0 aromatic carbocycles. The highest BCUT2D eigenvalue weighted by Gasteiger charge is 2.55. The average Bonchev–Trinajstić information content (AvgIpc) is 3.02. The van der Waals surface area contributed by atoms with Gasteiger partial charge >= 0.3 is 0 Å². The Labute approximate surface area is 289 Å². The number of pyridine rings is 1. The minimum absolute atomic E-state index is 0.0363. The van der Waals surface area contributed by atoms with E-state index in [2.05, 4.69) is 65.9 Å². The molecule has 9 nitrogen and oxygen atoms in total. The molecule has 0 aliphatic heterocycles. The van der Waals surface area contributed by atoms with Crippen LogP contribution in [0.1, 0.15) is 104 Å². The number of ether oxygens (including phenoxy) is 1. The summed E-state index contributed by atoms with van der Waals surface area (Å²) < 4.78 is 12.6. The maximum absolute atomic E-state index is 9.87. The van der Waals surface area contributed by atoms with Crippen molar-refractivity contribution < 1.29 is 9.16 Å². The summed E-state index contributed by atoms with van der Waals surface area (Å²) in [7, 11) is -1.70. The molecule has 10 heteroatoms. The molecule has 262 valence electrons. The second-order valence-electron chi connectivity index (χ2n) is 17.3. The van der Waals surface area contributed by atoms with Crippen LogP contribution in [-0.2, 0) is 11.0 Å². The molecule has 5 aliphatic carbocycles. The number of hydrogen-bond acceptors (Lipinski definition) is 9. The Morgan fingerprint density at radius 3 is 2.44 bits per heavy atom.